The van der Waals surface area contributed by atoms with Crippen LogP contribution in [-0.2, 0) is 6.54 Å². The molecule has 1 saturated heterocycles. The molecule has 0 aliphatic carbocycles. The second-order valence-electron chi connectivity index (χ2n) is 7.10. The van der Waals surface area contributed by atoms with Crippen molar-refractivity contribution in [3.8, 4) is 11.3 Å². The average Bonchev–Trinajstić information content (AvgIpc) is 3.12. The summed E-state index contributed by atoms with van der Waals surface area (Å²) in [5.74, 6) is 0.0519. The Labute approximate surface area is 159 Å². The highest BCUT2D eigenvalue weighted by atomic mass is 16.2. The molecular formula is C21H25N5O. The Morgan fingerprint density at radius 3 is 2.78 bits per heavy atom. The van der Waals surface area contributed by atoms with Gasteiger partial charge in [-0.1, -0.05) is 30.3 Å². The highest BCUT2D eigenvalue weighted by Crippen LogP contribution is 2.27. The third-order valence-corrected chi connectivity index (χ3v) is 5.50. The van der Waals surface area contributed by atoms with E-state index in [4.69, 9.17) is 4.98 Å². The zero-order valence-electron chi connectivity index (χ0n) is 16.0. The molecule has 27 heavy (non-hydrogen) atoms. The number of nitrogens with one attached hydrogen (secondary N) is 1. The molecule has 0 spiro atoms. The van der Waals surface area contributed by atoms with E-state index in [0.29, 0.717) is 18.7 Å². The van der Waals surface area contributed by atoms with E-state index in [1.54, 1.807) is 6.20 Å². The Balaban J connectivity index is 1.86. The van der Waals surface area contributed by atoms with Gasteiger partial charge in [0, 0.05) is 37.3 Å². The molecule has 1 N–H and O–H groups in total. The van der Waals surface area contributed by atoms with E-state index in [2.05, 4.69) is 24.3 Å². The maximum Gasteiger partial charge on any atom is 0.255 e. The van der Waals surface area contributed by atoms with Crippen LogP contribution in [0.3, 0.4) is 0 Å². The lowest BCUT2D eigenvalue weighted by Gasteiger charge is -2.38. The number of nitrogens with zero attached hydrogens (tertiary/aromatic N) is 4. The van der Waals surface area contributed by atoms with Gasteiger partial charge < -0.3 is 10.2 Å². The molecule has 1 amide bonds. The van der Waals surface area contributed by atoms with E-state index in [1.807, 2.05) is 52.9 Å². The fourth-order valence-corrected chi connectivity index (χ4v) is 3.71. The zero-order valence-corrected chi connectivity index (χ0v) is 16.0. The molecule has 2 atom stereocenters. The minimum Gasteiger partial charge on any atom is -0.333 e. The summed E-state index contributed by atoms with van der Waals surface area (Å²) in [6.45, 7) is 8.48. The van der Waals surface area contributed by atoms with Crippen molar-refractivity contribution in [3.63, 3.8) is 0 Å². The highest BCUT2D eigenvalue weighted by molar-refractivity contribution is 6.06. The van der Waals surface area contributed by atoms with Gasteiger partial charge >= 0.3 is 0 Å². The minimum absolute atomic E-state index is 0.0519. The van der Waals surface area contributed by atoms with Crippen LogP contribution in [0.1, 0.15) is 31.1 Å². The van der Waals surface area contributed by atoms with E-state index in [1.165, 1.54) is 0 Å². The predicted octanol–water partition coefficient (Wildman–Crippen LogP) is 2.94. The smallest absolute Gasteiger partial charge is 0.255 e. The summed E-state index contributed by atoms with van der Waals surface area (Å²) in [5, 5.41) is 8.69. The van der Waals surface area contributed by atoms with Crippen LogP contribution in [0.5, 0.6) is 0 Å². The SMILES string of the molecule is CCn1ncc2c(C(=O)N3CCNC(C)C3C)cc(-c3ccccc3)nc21. The molecule has 0 saturated carbocycles. The summed E-state index contributed by atoms with van der Waals surface area (Å²) < 4.78 is 1.85. The molecule has 0 radical (unpaired) electrons. The van der Waals surface area contributed by atoms with Gasteiger partial charge in [-0.05, 0) is 26.8 Å². The maximum absolute atomic E-state index is 13.5. The normalized spacial score (nSPS) is 20.2. The number of piperazine rings is 1. The first-order valence-electron chi connectivity index (χ1n) is 9.56. The largest absolute Gasteiger partial charge is 0.333 e. The van der Waals surface area contributed by atoms with Gasteiger partial charge in [-0.15, -0.1) is 0 Å². The van der Waals surface area contributed by atoms with E-state index in [0.717, 1.165) is 28.8 Å². The lowest BCUT2D eigenvalue weighted by atomic mass is 10.0. The van der Waals surface area contributed by atoms with Crippen molar-refractivity contribution >= 4 is 16.9 Å². The molecule has 0 bridgehead atoms. The van der Waals surface area contributed by atoms with Crippen LogP contribution < -0.4 is 5.32 Å². The molecule has 3 heterocycles. The van der Waals surface area contributed by atoms with Crippen molar-refractivity contribution in [2.45, 2.75) is 39.4 Å². The number of aryl methyl sites for hydroxylation is 1. The molecule has 6 heteroatoms. The monoisotopic (exact) mass is 363 g/mol. The second-order valence-corrected chi connectivity index (χ2v) is 7.10. The summed E-state index contributed by atoms with van der Waals surface area (Å²) in [6, 6.07) is 12.3. The summed E-state index contributed by atoms with van der Waals surface area (Å²) in [6.07, 6.45) is 1.77. The van der Waals surface area contributed by atoms with Gasteiger partial charge in [0.05, 0.1) is 22.8 Å². The summed E-state index contributed by atoms with van der Waals surface area (Å²) in [7, 11) is 0. The number of hydrogen-bond donors (Lipinski definition) is 1. The fraction of sp³-hybridized carbons (Fsp3) is 0.381. The second kappa shape index (κ2) is 7.12. The predicted molar refractivity (Wildman–Crippen MR) is 107 cm³/mol. The van der Waals surface area contributed by atoms with Crippen molar-refractivity contribution in [2.24, 2.45) is 0 Å². The first kappa shape index (κ1) is 17.7. The van der Waals surface area contributed by atoms with Crippen molar-refractivity contribution in [1.29, 1.82) is 0 Å². The van der Waals surface area contributed by atoms with E-state index in [-0.39, 0.29) is 18.0 Å². The maximum atomic E-state index is 13.5. The van der Waals surface area contributed by atoms with Gasteiger partial charge in [0.15, 0.2) is 5.65 Å². The zero-order chi connectivity index (χ0) is 19.0. The standard InChI is InChI=1S/C21H25N5O/c1-4-26-20-18(13-23-26)17(12-19(24-20)16-8-6-5-7-9-16)21(27)25-11-10-22-14(2)15(25)3/h5-9,12-15,22H,4,10-11H2,1-3H3. The van der Waals surface area contributed by atoms with Crippen LogP contribution >= 0.6 is 0 Å². The van der Waals surface area contributed by atoms with Crippen molar-refractivity contribution < 1.29 is 4.79 Å². The number of fused-ring (bicyclic) bond motifs is 1. The van der Waals surface area contributed by atoms with Crippen LogP contribution in [-0.4, -0.2) is 50.7 Å². The molecule has 3 aromatic rings. The number of hydrogen-bond acceptors (Lipinski definition) is 4. The number of pyridine rings is 1. The number of carbonyl (C=O) groups excluding carboxylic acids is 1. The Bertz CT molecular complexity index is 965. The van der Waals surface area contributed by atoms with Crippen LogP contribution in [0.4, 0.5) is 0 Å². The third-order valence-electron chi connectivity index (χ3n) is 5.50. The Kier molecular flexibility index (Phi) is 4.66. The van der Waals surface area contributed by atoms with Gasteiger partial charge in [-0.25, -0.2) is 9.67 Å². The topological polar surface area (TPSA) is 63.1 Å². The van der Waals surface area contributed by atoms with Crippen LogP contribution in [0.15, 0.2) is 42.6 Å². The van der Waals surface area contributed by atoms with Crippen molar-refractivity contribution in [3.05, 3.63) is 48.2 Å². The van der Waals surface area contributed by atoms with Gasteiger partial charge in [0.1, 0.15) is 0 Å². The van der Waals surface area contributed by atoms with Crippen LogP contribution in [0, 0.1) is 0 Å². The average molecular weight is 363 g/mol. The number of benzene rings is 1. The Morgan fingerprint density at radius 1 is 1.26 bits per heavy atom. The number of amides is 1. The van der Waals surface area contributed by atoms with Crippen molar-refractivity contribution in [2.75, 3.05) is 13.1 Å². The first-order chi connectivity index (χ1) is 13.1. The van der Waals surface area contributed by atoms with Crippen LogP contribution in [0.2, 0.25) is 0 Å². The fourth-order valence-electron chi connectivity index (χ4n) is 3.71. The lowest BCUT2D eigenvalue weighted by molar-refractivity contribution is 0.0605. The molecule has 1 aliphatic heterocycles. The molecule has 140 valence electrons. The molecule has 1 aliphatic rings. The number of aromatic nitrogens is 3. The third kappa shape index (κ3) is 3.10. The number of carbonyl (C=O) groups is 1. The van der Waals surface area contributed by atoms with Gasteiger partial charge in [-0.3, -0.25) is 4.79 Å². The van der Waals surface area contributed by atoms with E-state index in [9.17, 15) is 4.79 Å². The summed E-state index contributed by atoms with van der Waals surface area (Å²) in [5.41, 5.74) is 3.24. The molecule has 6 nitrogen and oxygen atoms in total. The molecule has 1 fully saturated rings. The molecule has 2 unspecified atom stereocenters. The lowest BCUT2D eigenvalue weighted by Crippen LogP contribution is -2.57. The molecule has 1 aromatic carbocycles. The molecular weight excluding hydrogens is 338 g/mol. The highest BCUT2D eigenvalue weighted by Gasteiger charge is 2.30. The molecule has 2 aromatic heterocycles. The summed E-state index contributed by atoms with van der Waals surface area (Å²) in [4.78, 5) is 20.3. The van der Waals surface area contributed by atoms with Gasteiger partial charge in [0.25, 0.3) is 5.91 Å². The van der Waals surface area contributed by atoms with E-state index < -0.39 is 0 Å². The van der Waals surface area contributed by atoms with Crippen LogP contribution in [0.25, 0.3) is 22.3 Å². The Morgan fingerprint density at radius 2 is 2.04 bits per heavy atom. The quantitative estimate of drug-likeness (QED) is 0.777. The van der Waals surface area contributed by atoms with E-state index >= 15 is 0 Å². The van der Waals surface area contributed by atoms with Crippen molar-refractivity contribution in [1.82, 2.24) is 25.0 Å². The Hall–Kier alpha value is -2.73. The molecule has 4 rings (SSSR count). The van der Waals surface area contributed by atoms with Gasteiger partial charge in [-0.2, -0.15) is 5.10 Å². The van der Waals surface area contributed by atoms with Gasteiger partial charge in [0.2, 0.25) is 0 Å². The summed E-state index contributed by atoms with van der Waals surface area (Å²) >= 11 is 0. The first-order valence-corrected chi connectivity index (χ1v) is 9.56. The number of rotatable bonds is 3. The minimum atomic E-state index is 0.0519.